The molecule has 0 saturated heterocycles. The number of carboxylic acid groups (broad SMARTS) is 1. The van der Waals surface area contributed by atoms with E-state index in [1.807, 2.05) is 11.8 Å². The van der Waals surface area contributed by atoms with Gasteiger partial charge in [0.2, 0.25) is 5.91 Å². The molecule has 4 nitrogen and oxygen atoms in total. The molecule has 122 valence electrons. The zero-order valence-electron chi connectivity index (χ0n) is 13.0. The number of nitrogens with one attached hydrogen (secondary N) is 1. The van der Waals surface area contributed by atoms with E-state index in [4.69, 9.17) is 0 Å². The van der Waals surface area contributed by atoms with E-state index < -0.39 is 11.5 Å². The van der Waals surface area contributed by atoms with E-state index in [1.54, 1.807) is 0 Å². The minimum atomic E-state index is -0.959. The van der Waals surface area contributed by atoms with Gasteiger partial charge in [0.25, 0.3) is 0 Å². The SMILES string of the molecule is O=C(CSC12CC3CC(CC(C3)C1)C2)NC1(C(=O)O)CCC1. The van der Waals surface area contributed by atoms with Gasteiger partial charge >= 0.3 is 5.97 Å². The summed E-state index contributed by atoms with van der Waals surface area (Å²) in [6.07, 6.45) is 10.1. The lowest BCUT2D eigenvalue weighted by atomic mass is 9.56. The molecule has 0 aromatic rings. The van der Waals surface area contributed by atoms with Crippen LogP contribution in [0.2, 0.25) is 0 Å². The maximum Gasteiger partial charge on any atom is 0.329 e. The molecule has 0 aliphatic heterocycles. The minimum Gasteiger partial charge on any atom is -0.480 e. The predicted molar refractivity (Wildman–Crippen MR) is 85.7 cm³/mol. The van der Waals surface area contributed by atoms with Gasteiger partial charge in [0.05, 0.1) is 5.75 Å². The molecule has 5 aliphatic carbocycles. The first-order valence-corrected chi connectivity index (χ1v) is 9.66. The fourth-order valence-electron chi connectivity index (χ4n) is 5.65. The van der Waals surface area contributed by atoms with Crippen LogP contribution in [0.3, 0.4) is 0 Å². The first kappa shape index (κ1) is 14.9. The molecule has 4 bridgehead atoms. The summed E-state index contributed by atoms with van der Waals surface area (Å²) in [5.74, 6) is 2.15. The van der Waals surface area contributed by atoms with Crippen molar-refractivity contribution in [3.8, 4) is 0 Å². The summed E-state index contributed by atoms with van der Waals surface area (Å²) < 4.78 is 0.322. The third-order valence-corrected chi connectivity index (χ3v) is 8.01. The van der Waals surface area contributed by atoms with E-state index >= 15 is 0 Å². The molecule has 5 rings (SSSR count). The van der Waals surface area contributed by atoms with Crippen LogP contribution in [-0.2, 0) is 9.59 Å². The number of amides is 1. The number of rotatable bonds is 5. The van der Waals surface area contributed by atoms with Gasteiger partial charge in [-0.15, -0.1) is 11.8 Å². The Hall–Kier alpha value is -0.710. The molecule has 0 aromatic heterocycles. The Morgan fingerprint density at radius 3 is 2.00 bits per heavy atom. The monoisotopic (exact) mass is 323 g/mol. The summed E-state index contributed by atoms with van der Waals surface area (Å²) >= 11 is 1.82. The quantitative estimate of drug-likeness (QED) is 0.816. The molecule has 2 N–H and O–H groups in total. The van der Waals surface area contributed by atoms with Crippen LogP contribution in [0.5, 0.6) is 0 Å². The first-order valence-electron chi connectivity index (χ1n) is 8.67. The zero-order chi connectivity index (χ0) is 15.4. The highest BCUT2D eigenvalue weighted by molar-refractivity contribution is 8.01. The number of aliphatic carboxylic acids is 1. The average molecular weight is 323 g/mol. The van der Waals surface area contributed by atoms with Gasteiger partial charge in [-0.05, 0) is 75.5 Å². The van der Waals surface area contributed by atoms with Crippen LogP contribution in [0, 0.1) is 17.8 Å². The molecule has 1 amide bonds. The van der Waals surface area contributed by atoms with Crippen LogP contribution in [-0.4, -0.2) is 33.0 Å². The average Bonchev–Trinajstić information content (AvgIpc) is 2.39. The lowest BCUT2D eigenvalue weighted by molar-refractivity contribution is -0.151. The topological polar surface area (TPSA) is 66.4 Å². The van der Waals surface area contributed by atoms with Crippen LogP contribution < -0.4 is 5.32 Å². The lowest BCUT2D eigenvalue weighted by Crippen LogP contribution is -2.59. The lowest BCUT2D eigenvalue weighted by Gasteiger charge is -2.56. The van der Waals surface area contributed by atoms with Crippen LogP contribution >= 0.6 is 11.8 Å². The molecule has 0 aromatic carbocycles. The standard InChI is InChI=1S/C17H25NO3S/c19-14(18-17(15(20)21)2-1-3-17)10-22-16-7-11-4-12(8-16)6-13(5-11)9-16/h11-13H,1-10H2,(H,18,19)(H,20,21). The van der Waals surface area contributed by atoms with E-state index in [0.29, 0.717) is 23.3 Å². The molecule has 5 heteroatoms. The van der Waals surface area contributed by atoms with Crippen molar-refractivity contribution >= 4 is 23.6 Å². The molecule has 22 heavy (non-hydrogen) atoms. The highest BCUT2D eigenvalue weighted by Crippen LogP contribution is 2.60. The molecule has 0 atom stereocenters. The second kappa shape index (κ2) is 5.15. The summed E-state index contributed by atoms with van der Waals surface area (Å²) in [4.78, 5) is 23.6. The second-order valence-electron chi connectivity index (χ2n) is 8.18. The van der Waals surface area contributed by atoms with Gasteiger partial charge in [-0.2, -0.15) is 0 Å². The molecule has 0 heterocycles. The van der Waals surface area contributed by atoms with Gasteiger partial charge in [-0.25, -0.2) is 4.79 Å². The number of thioether (sulfide) groups is 1. The third kappa shape index (κ3) is 2.45. The normalized spacial score (nSPS) is 41.0. The Kier molecular flexibility index (Phi) is 3.48. The van der Waals surface area contributed by atoms with E-state index in [-0.39, 0.29) is 5.91 Å². The van der Waals surface area contributed by atoms with Crippen LogP contribution in [0.4, 0.5) is 0 Å². The Morgan fingerprint density at radius 2 is 1.59 bits per heavy atom. The summed E-state index contributed by atoms with van der Waals surface area (Å²) in [5, 5.41) is 12.1. The molecule has 0 spiro atoms. The van der Waals surface area contributed by atoms with Crippen LogP contribution in [0.25, 0.3) is 0 Å². The molecule has 5 aliphatic rings. The van der Waals surface area contributed by atoms with E-state index in [1.165, 1.54) is 38.5 Å². The Bertz CT molecular complexity index is 465. The highest BCUT2D eigenvalue weighted by Gasteiger charge is 2.51. The molecule has 5 fully saturated rings. The maximum absolute atomic E-state index is 12.3. The van der Waals surface area contributed by atoms with Crippen molar-refractivity contribution in [1.82, 2.24) is 5.32 Å². The number of carbonyl (C=O) groups is 2. The van der Waals surface area contributed by atoms with Gasteiger partial charge in [0.15, 0.2) is 0 Å². The largest absolute Gasteiger partial charge is 0.480 e. The fraction of sp³-hybridized carbons (Fsp3) is 0.882. The van der Waals surface area contributed by atoms with Crippen LogP contribution in [0.15, 0.2) is 0 Å². The Labute approximate surface area is 135 Å². The number of hydrogen-bond acceptors (Lipinski definition) is 3. The number of carbonyl (C=O) groups excluding carboxylic acids is 1. The molecular weight excluding hydrogens is 298 g/mol. The van der Waals surface area contributed by atoms with Crippen molar-refractivity contribution in [3.05, 3.63) is 0 Å². The van der Waals surface area contributed by atoms with Crippen molar-refractivity contribution in [3.63, 3.8) is 0 Å². The summed E-state index contributed by atoms with van der Waals surface area (Å²) in [7, 11) is 0. The van der Waals surface area contributed by atoms with E-state index in [9.17, 15) is 14.7 Å². The molecular formula is C17H25NO3S. The van der Waals surface area contributed by atoms with Gasteiger partial charge in [-0.3, -0.25) is 4.79 Å². The van der Waals surface area contributed by atoms with Gasteiger partial charge in [0, 0.05) is 4.75 Å². The fourth-order valence-corrected chi connectivity index (χ4v) is 7.22. The molecule has 0 radical (unpaired) electrons. The van der Waals surface area contributed by atoms with E-state index in [0.717, 1.165) is 24.2 Å². The zero-order valence-corrected chi connectivity index (χ0v) is 13.8. The van der Waals surface area contributed by atoms with Crippen molar-refractivity contribution in [2.75, 3.05) is 5.75 Å². The van der Waals surface area contributed by atoms with Crippen molar-refractivity contribution < 1.29 is 14.7 Å². The third-order valence-electron chi connectivity index (χ3n) is 6.49. The number of carboxylic acids is 1. The molecule has 5 saturated carbocycles. The van der Waals surface area contributed by atoms with Crippen molar-refractivity contribution in [1.29, 1.82) is 0 Å². The first-order chi connectivity index (χ1) is 10.5. The van der Waals surface area contributed by atoms with Gasteiger partial charge < -0.3 is 10.4 Å². The smallest absolute Gasteiger partial charge is 0.329 e. The summed E-state index contributed by atoms with van der Waals surface area (Å²) in [6, 6.07) is 0. The second-order valence-corrected chi connectivity index (χ2v) is 9.62. The Morgan fingerprint density at radius 1 is 1.05 bits per heavy atom. The molecule has 0 unspecified atom stereocenters. The number of hydrogen-bond donors (Lipinski definition) is 2. The van der Waals surface area contributed by atoms with Gasteiger partial charge in [-0.1, -0.05) is 0 Å². The van der Waals surface area contributed by atoms with E-state index in [2.05, 4.69) is 5.32 Å². The Balaban J connectivity index is 1.35. The summed E-state index contributed by atoms with van der Waals surface area (Å²) in [5.41, 5.74) is -0.959. The van der Waals surface area contributed by atoms with Crippen molar-refractivity contribution in [2.45, 2.75) is 68.1 Å². The highest BCUT2D eigenvalue weighted by atomic mass is 32.2. The van der Waals surface area contributed by atoms with Crippen molar-refractivity contribution in [2.24, 2.45) is 17.8 Å². The minimum absolute atomic E-state index is 0.0807. The maximum atomic E-state index is 12.3. The van der Waals surface area contributed by atoms with Gasteiger partial charge in [0.1, 0.15) is 5.54 Å². The van der Waals surface area contributed by atoms with Crippen LogP contribution in [0.1, 0.15) is 57.8 Å². The predicted octanol–water partition coefficient (Wildman–Crippen LogP) is 2.81. The summed E-state index contributed by atoms with van der Waals surface area (Å²) in [6.45, 7) is 0.